The lowest BCUT2D eigenvalue weighted by Gasteiger charge is -2.23. The molecule has 0 aliphatic rings. The van der Waals surface area contributed by atoms with Crippen LogP contribution in [0.1, 0.15) is 53.4 Å². The van der Waals surface area contributed by atoms with E-state index in [2.05, 4.69) is 52.1 Å². The Labute approximate surface area is 138 Å². The Bertz CT molecular complexity index is 686. The summed E-state index contributed by atoms with van der Waals surface area (Å²) in [7, 11) is 0. The molecule has 0 atom stereocenters. The molecule has 2 N–H and O–H groups in total. The number of aromatic carboxylic acids is 1. The van der Waals surface area contributed by atoms with Crippen molar-refractivity contribution in [2.75, 3.05) is 5.32 Å². The van der Waals surface area contributed by atoms with Crippen molar-refractivity contribution in [2.24, 2.45) is 0 Å². The van der Waals surface area contributed by atoms with E-state index >= 15 is 0 Å². The second-order valence-electron chi connectivity index (χ2n) is 7.09. The minimum atomic E-state index is -0.894. The molecule has 2 aromatic carbocycles. The summed E-state index contributed by atoms with van der Waals surface area (Å²) in [5.41, 5.74) is 6.48. The zero-order valence-corrected chi connectivity index (χ0v) is 14.5. The highest BCUT2D eigenvalue weighted by atomic mass is 16.4. The molecule has 122 valence electrons. The van der Waals surface area contributed by atoms with Gasteiger partial charge >= 0.3 is 5.97 Å². The van der Waals surface area contributed by atoms with Crippen LogP contribution in [-0.2, 0) is 12.0 Å². The lowest BCUT2D eigenvalue weighted by molar-refractivity contribution is 0.0697. The number of anilines is 1. The van der Waals surface area contributed by atoms with Crippen LogP contribution < -0.4 is 5.32 Å². The highest BCUT2D eigenvalue weighted by molar-refractivity contribution is 5.87. The predicted octanol–water partition coefficient (Wildman–Crippen LogP) is 4.91. The fraction of sp³-hybridized carbons (Fsp3) is 0.350. The van der Waals surface area contributed by atoms with Crippen LogP contribution in [0.4, 0.5) is 5.69 Å². The van der Waals surface area contributed by atoms with Gasteiger partial charge in [0.25, 0.3) is 0 Å². The smallest absolute Gasteiger partial charge is 0.335 e. The zero-order chi connectivity index (χ0) is 17.2. The van der Waals surface area contributed by atoms with Crippen molar-refractivity contribution in [2.45, 2.75) is 46.6 Å². The molecule has 3 nitrogen and oxygen atoms in total. The number of rotatable bonds is 4. The SMILES string of the molecule is Cc1cc(C(C)(C)C)cc(C)c1NCc1ccc(C(=O)O)cc1. The van der Waals surface area contributed by atoms with Crippen LogP contribution in [0.2, 0.25) is 0 Å². The van der Waals surface area contributed by atoms with Crippen molar-refractivity contribution in [3.8, 4) is 0 Å². The molecule has 0 spiro atoms. The average molecular weight is 311 g/mol. The van der Waals surface area contributed by atoms with Crippen molar-refractivity contribution >= 4 is 11.7 Å². The molecule has 0 bridgehead atoms. The number of carbonyl (C=O) groups is 1. The van der Waals surface area contributed by atoms with E-state index in [-0.39, 0.29) is 5.41 Å². The molecule has 0 aliphatic heterocycles. The van der Waals surface area contributed by atoms with Gasteiger partial charge in [-0.15, -0.1) is 0 Å². The Kier molecular flexibility index (Phi) is 4.79. The highest BCUT2D eigenvalue weighted by Crippen LogP contribution is 2.29. The van der Waals surface area contributed by atoms with Crippen LogP contribution in [0, 0.1) is 13.8 Å². The fourth-order valence-corrected chi connectivity index (χ4v) is 2.63. The summed E-state index contributed by atoms with van der Waals surface area (Å²) in [6.07, 6.45) is 0. The molecule has 0 radical (unpaired) electrons. The molecule has 0 amide bonds. The highest BCUT2D eigenvalue weighted by Gasteiger charge is 2.16. The van der Waals surface area contributed by atoms with Crippen LogP contribution in [0.5, 0.6) is 0 Å². The molecular weight excluding hydrogens is 286 g/mol. The van der Waals surface area contributed by atoms with Crippen molar-refractivity contribution < 1.29 is 9.90 Å². The Balaban J connectivity index is 2.16. The lowest BCUT2D eigenvalue weighted by atomic mass is 9.85. The summed E-state index contributed by atoms with van der Waals surface area (Å²) < 4.78 is 0. The molecule has 3 heteroatoms. The maximum absolute atomic E-state index is 10.9. The molecule has 0 aliphatic carbocycles. The first-order valence-electron chi connectivity index (χ1n) is 7.86. The van der Waals surface area contributed by atoms with Gasteiger partial charge in [0.2, 0.25) is 0 Å². The number of benzene rings is 2. The van der Waals surface area contributed by atoms with Crippen molar-refractivity contribution in [3.63, 3.8) is 0 Å². The normalized spacial score (nSPS) is 11.3. The van der Waals surface area contributed by atoms with E-state index in [4.69, 9.17) is 5.11 Å². The summed E-state index contributed by atoms with van der Waals surface area (Å²) in [5, 5.41) is 12.4. The monoisotopic (exact) mass is 311 g/mol. The number of carboxylic acid groups (broad SMARTS) is 1. The molecule has 2 rings (SSSR count). The van der Waals surface area contributed by atoms with Crippen LogP contribution in [0.25, 0.3) is 0 Å². The minimum absolute atomic E-state index is 0.140. The van der Waals surface area contributed by atoms with Gasteiger partial charge in [0.1, 0.15) is 0 Å². The van der Waals surface area contributed by atoms with E-state index in [1.165, 1.54) is 16.7 Å². The van der Waals surface area contributed by atoms with E-state index in [9.17, 15) is 4.79 Å². The molecule has 0 heterocycles. The lowest BCUT2D eigenvalue weighted by Crippen LogP contribution is -2.13. The summed E-state index contributed by atoms with van der Waals surface area (Å²) >= 11 is 0. The Hall–Kier alpha value is -2.29. The first kappa shape index (κ1) is 17.1. The fourth-order valence-electron chi connectivity index (χ4n) is 2.63. The second-order valence-corrected chi connectivity index (χ2v) is 7.09. The molecule has 23 heavy (non-hydrogen) atoms. The summed E-state index contributed by atoms with van der Waals surface area (Å²) in [6.45, 7) is 11.6. The first-order chi connectivity index (χ1) is 10.7. The van der Waals surface area contributed by atoms with Crippen LogP contribution in [0.15, 0.2) is 36.4 Å². The average Bonchev–Trinajstić information content (AvgIpc) is 2.45. The van der Waals surface area contributed by atoms with Gasteiger partial charge in [0.15, 0.2) is 0 Å². The van der Waals surface area contributed by atoms with Gasteiger partial charge in [-0.3, -0.25) is 0 Å². The summed E-state index contributed by atoms with van der Waals surface area (Å²) in [4.78, 5) is 10.9. The zero-order valence-electron chi connectivity index (χ0n) is 14.5. The molecule has 0 saturated heterocycles. The van der Waals surface area contributed by atoms with E-state index in [1.54, 1.807) is 12.1 Å². The van der Waals surface area contributed by atoms with Crippen LogP contribution in [-0.4, -0.2) is 11.1 Å². The van der Waals surface area contributed by atoms with Gasteiger partial charge in [0.05, 0.1) is 5.56 Å². The van der Waals surface area contributed by atoms with Crippen molar-refractivity contribution in [3.05, 3.63) is 64.2 Å². The summed E-state index contributed by atoms with van der Waals surface area (Å²) in [5.74, 6) is -0.894. The number of carboxylic acids is 1. The quantitative estimate of drug-likeness (QED) is 0.843. The number of hydrogen-bond donors (Lipinski definition) is 2. The largest absolute Gasteiger partial charge is 0.478 e. The Morgan fingerprint density at radius 2 is 1.57 bits per heavy atom. The molecule has 0 saturated carbocycles. The Morgan fingerprint density at radius 1 is 1.04 bits per heavy atom. The maximum Gasteiger partial charge on any atom is 0.335 e. The molecule has 0 aromatic heterocycles. The number of hydrogen-bond acceptors (Lipinski definition) is 2. The topological polar surface area (TPSA) is 49.3 Å². The molecule has 2 aromatic rings. The third-order valence-corrected chi connectivity index (χ3v) is 4.07. The Morgan fingerprint density at radius 3 is 2.00 bits per heavy atom. The van der Waals surface area contributed by atoms with Crippen molar-refractivity contribution in [1.82, 2.24) is 0 Å². The van der Waals surface area contributed by atoms with Crippen molar-refractivity contribution in [1.29, 1.82) is 0 Å². The van der Waals surface area contributed by atoms with E-state index in [1.807, 2.05) is 12.1 Å². The van der Waals surface area contributed by atoms with Gasteiger partial charge in [-0.1, -0.05) is 45.0 Å². The minimum Gasteiger partial charge on any atom is -0.478 e. The van der Waals surface area contributed by atoms with E-state index < -0.39 is 5.97 Å². The maximum atomic E-state index is 10.9. The van der Waals surface area contributed by atoms with Gasteiger partial charge in [0, 0.05) is 12.2 Å². The second kappa shape index (κ2) is 6.45. The van der Waals surface area contributed by atoms with Gasteiger partial charge < -0.3 is 10.4 Å². The van der Waals surface area contributed by atoms with E-state index in [0.717, 1.165) is 11.3 Å². The van der Waals surface area contributed by atoms with Crippen LogP contribution in [0.3, 0.4) is 0 Å². The predicted molar refractivity (Wildman–Crippen MR) is 95.3 cm³/mol. The third kappa shape index (κ3) is 4.13. The van der Waals surface area contributed by atoms with Gasteiger partial charge in [-0.2, -0.15) is 0 Å². The summed E-state index contributed by atoms with van der Waals surface area (Å²) in [6, 6.07) is 11.5. The number of aryl methyl sites for hydroxylation is 2. The van der Waals surface area contributed by atoms with E-state index in [0.29, 0.717) is 12.1 Å². The number of nitrogens with one attached hydrogen (secondary N) is 1. The standard InChI is InChI=1S/C20H25NO2/c1-13-10-17(20(3,4)5)11-14(2)18(13)21-12-15-6-8-16(9-7-15)19(22)23/h6-11,21H,12H2,1-5H3,(H,22,23). The van der Waals surface area contributed by atoms with Gasteiger partial charge in [-0.25, -0.2) is 4.79 Å². The molecular formula is C20H25NO2. The molecule has 0 unspecified atom stereocenters. The van der Waals surface area contributed by atoms with Crippen LogP contribution >= 0.6 is 0 Å². The third-order valence-electron chi connectivity index (χ3n) is 4.07. The first-order valence-corrected chi connectivity index (χ1v) is 7.86. The molecule has 0 fully saturated rings. The van der Waals surface area contributed by atoms with Gasteiger partial charge in [-0.05, 0) is 53.6 Å².